The summed E-state index contributed by atoms with van der Waals surface area (Å²) in [6.45, 7) is 0. The normalized spacial score (nSPS) is 10.6. The maximum atomic E-state index is 5.94. The Labute approximate surface area is 127 Å². The first-order valence-corrected chi connectivity index (χ1v) is 6.89. The van der Waals surface area contributed by atoms with E-state index in [0.29, 0.717) is 17.3 Å². The van der Waals surface area contributed by atoms with Gasteiger partial charge in [-0.05, 0) is 30.3 Å². The molecule has 21 heavy (non-hydrogen) atoms. The first-order valence-electron chi connectivity index (χ1n) is 6.48. The van der Waals surface area contributed by atoms with Crippen LogP contribution in [0.25, 0.3) is 22.3 Å². The van der Waals surface area contributed by atoms with Gasteiger partial charge in [0.1, 0.15) is 11.3 Å². The Morgan fingerprint density at radius 2 is 1.67 bits per heavy atom. The highest BCUT2D eigenvalue weighted by atomic mass is 32.1. The van der Waals surface area contributed by atoms with Gasteiger partial charge >= 0.3 is 0 Å². The van der Waals surface area contributed by atoms with E-state index in [2.05, 4.69) is 0 Å². The van der Waals surface area contributed by atoms with Gasteiger partial charge in [-0.1, -0.05) is 24.4 Å². The molecule has 0 amide bonds. The SMILES string of the molecule is COc1ccc(-c2cc(=S)c3ccccc3o2)cc1OC. The zero-order chi connectivity index (χ0) is 14.8. The number of benzene rings is 2. The van der Waals surface area contributed by atoms with Gasteiger partial charge in [-0.2, -0.15) is 0 Å². The molecule has 3 nitrogen and oxygen atoms in total. The molecule has 0 atom stereocenters. The van der Waals surface area contributed by atoms with E-state index >= 15 is 0 Å². The molecule has 0 N–H and O–H groups in total. The molecule has 0 saturated carbocycles. The predicted molar refractivity (Wildman–Crippen MR) is 85.6 cm³/mol. The fourth-order valence-electron chi connectivity index (χ4n) is 2.24. The van der Waals surface area contributed by atoms with E-state index in [1.807, 2.05) is 48.5 Å². The van der Waals surface area contributed by atoms with Crippen LogP contribution in [0.15, 0.2) is 52.9 Å². The van der Waals surface area contributed by atoms with Crippen LogP contribution in [0.5, 0.6) is 11.5 Å². The summed E-state index contributed by atoms with van der Waals surface area (Å²) in [6, 6.07) is 15.3. The summed E-state index contributed by atoms with van der Waals surface area (Å²) in [6.07, 6.45) is 0. The van der Waals surface area contributed by atoms with Crippen LogP contribution in [0.2, 0.25) is 0 Å². The molecule has 4 heteroatoms. The summed E-state index contributed by atoms with van der Waals surface area (Å²) in [5.41, 5.74) is 1.67. The summed E-state index contributed by atoms with van der Waals surface area (Å²) in [7, 11) is 3.22. The lowest BCUT2D eigenvalue weighted by molar-refractivity contribution is 0.355. The lowest BCUT2D eigenvalue weighted by Crippen LogP contribution is -1.91. The lowest BCUT2D eigenvalue weighted by atomic mass is 10.1. The molecule has 0 bridgehead atoms. The monoisotopic (exact) mass is 298 g/mol. The second-order valence-corrected chi connectivity index (χ2v) is 4.98. The van der Waals surface area contributed by atoms with E-state index in [1.165, 1.54) is 0 Å². The van der Waals surface area contributed by atoms with Crippen molar-refractivity contribution in [2.45, 2.75) is 0 Å². The Morgan fingerprint density at radius 1 is 0.905 bits per heavy atom. The lowest BCUT2D eigenvalue weighted by Gasteiger charge is -2.09. The zero-order valence-corrected chi connectivity index (χ0v) is 12.6. The van der Waals surface area contributed by atoms with Gasteiger partial charge in [0, 0.05) is 17.0 Å². The minimum Gasteiger partial charge on any atom is -0.493 e. The van der Waals surface area contributed by atoms with E-state index in [0.717, 1.165) is 21.0 Å². The molecule has 0 spiro atoms. The van der Waals surface area contributed by atoms with Crippen molar-refractivity contribution in [3.05, 3.63) is 53.0 Å². The number of ether oxygens (including phenoxy) is 2. The molecule has 0 aliphatic rings. The maximum absolute atomic E-state index is 5.94. The summed E-state index contributed by atoms with van der Waals surface area (Å²) in [4.78, 5) is 0. The van der Waals surface area contributed by atoms with Gasteiger partial charge in [0.25, 0.3) is 0 Å². The van der Waals surface area contributed by atoms with Crippen LogP contribution in [0.4, 0.5) is 0 Å². The average Bonchev–Trinajstić information content (AvgIpc) is 2.54. The standard InChI is InChI=1S/C17H14O3S/c1-18-14-8-7-11(9-16(14)19-2)15-10-17(21)12-5-3-4-6-13(12)20-15/h3-10H,1-2H3. The van der Waals surface area contributed by atoms with Gasteiger partial charge in [-0.3, -0.25) is 0 Å². The van der Waals surface area contributed by atoms with Crippen molar-refractivity contribution in [1.82, 2.24) is 0 Å². The molecule has 0 unspecified atom stereocenters. The molecule has 1 heterocycles. The van der Waals surface area contributed by atoms with Crippen molar-refractivity contribution in [2.24, 2.45) is 0 Å². The van der Waals surface area contributed by atoms with Crippen molar-refractivity contribution in [2.75, 3.05) is 14.2 Å². The topological polar surface area (TPSA) is 31.6 Å². The van der Waals surface area contributed by atoms with E-state index in [9.17, 15) is 0 Å². The van der Waals surface area contributed by atoms with Crippen molar-refractivity contribution in [3.8, 4) is 22.8 Å². The molecule has 0 saturated heterocycles. The molecule has 1 aromatic heterocycles. The van der Waals surface area contributed by atoms with Crippen LogP contribution >= 0.6 is 12.2 Å². The fraction of sp³-hybridized carbons (Fsp3) is 0.118. The maximum Gasteiger partial charge on any atom is 0.161 e. The Bertz CT molecular complexity index is 852. The molecule has 0 aliphatic heterocycles. The number of rotatable bonds is 3. The van der Waals surface area contributed by atoms with Crippen LogP contribution < -0.4 is 9.47 Å². The van der Waals surface area contributed by atoms with Gasteiger partial charge in [-0.25, -0.2) is 0 Å². The Hall–Kier alpha value is -2.33. The smallest absolute Gasteiger partial charge is 0.161 e. The van der Waals surface area contributed by atoms with Gasteiger partial charge < -0.3 is 13.9 Å². The minimum absolute atomic E-state index is 0.657. The quantitative estimate of drug-likeness (QED) is 0.647. The molecule has 3 aromatic rings. The summed E-state index contributed by atoms with van der Waals surface area (Å²) in [5.74, 6) is 2.05. The summed E-state index contributed by atoms with van der Waals surface area (Å²) < 4.78 is 17.3. The molecule has 3 rings (SSSR count). The number of hydrogen-bond acceptors (Lipinski definition) is 4. The average molecular weight is 298 g/mol. The first-order chi connectivity index (χ1) is 10.2. The number of methoxy groups -OCH3 is 2. The highest BCUT2D eigenvalue weighted by Crippen LogP contribution is 2.33. The van der Waals surface area contributed by atoms with E-state index in [4.69, 9.17) is 26.1 Å². The highest BCUT2D eigenvalue weighted by Gasteiger charge is 2.09. The van der Waals surface area contributed by atoms with Crippen LogP contribution in [0, 0.1) is 4.51 Å². The second kappa shape index (κ2) is 5.58. The van der Waals surface area contributed by atoms with Crippen molar-refractivity contribution in [1.29, 1.82) is 0 Å². The highest BCUT2D eigenvalue weighted by molar-refractivity contribution is 7.71. The fourth-order valence-corrected chi connectivity index (χ4v) is 2.51. The third kappa shape index (κ3) is 2.50. The van der Waals surface area contributed by atoms with Gasteiger partial charge in [0.2, 0.25) is 0 Å². The number of para-hydroxylation sites is 1. The third-order valence-electron chi connectivity index (χ3n) is 3.30. The van der Waals surface area contributed by atoms with Crippen LogP contribution in [-0.4, -0.2) is 14.2 Å². The molecule has 0 aliphatic carbocycles. The largest absolute Gasteiger partial charge is 0.493 e. The molecule has 106 valence electrons. The van der Waals surface area contributed by atoms with Crippen LogP contribution in [-0.2, 0) is 0 Å². The summed E-state index contributed by atoms with van der Waals surface area (Å²) in [5, 5.41) is 0.941. The van der Waals surface area contributed by atoms with Crippen LogP contribution in [0.1, 0.15) is 0 Å². The van der Waals surface area contributed by atoms with E-state index < -0.39 is 0 Å². The molecule has 0 radical (unpaired) electrons. The summed E-state index contributed by atoms with van der Waals surface area (Å²) >= 11 is 5.44. The van der Waals surface area contributed by atoms with Crippen molar-refractivity contribution < 1.29 is 13.9 Å². The van der Waals surface area contributed by atoms with Crippen molar-refractivity contribution >= 4 is 23.2 Å². The van der Waals surface area contributed by atoms with E-state index in [-0.39, 0.29) is 0 Å². The zero-order valence-electron chi connectivity index (χ0n) is 11.8. The predicted octanol–water partition coefficient (Wildman–Crippen LogP) is 4.85. The van der Waals surface area contributed by atoms with Gasteiger partial charge in [0.15, 0.2) is 11.5 Å². The Balaban J connectivity index is 2.18. The Morgan fingerprint density at radius 3 is 2.43 bits per heavy atom. The van der Waals surface area contributed by atoms with Gasteiger partial charge in [-0.15, -0.1) is 0 Å². The molecular formula is C17H14O3S. The second-order valence-electron chi connectivity index (χ2n) is 4.54. The Kier molecular flexibility index (Phi) is 3.62. The number of hydrogen-bond donors (Lipinski definition) is 0. The minimum atomic E-state index is 0.657. The van der Waals surface area contributed by atoms with Crippen LogP contribution in [0.3, 0.4) is 0 Å². The first kappa shape index (κ1) is 13.6. The molecule has 0 fully saturated rings. The number of fused-ring (bicyclic) bond motifs is 1. The molecule has 2 aromatic carbocycles. The van der Waals surface area contributed by atoms with E-state index in [1.54, 1.807) is 14.2 Å². The van der Waals surface area contributed by atoms with Crippen molar-refractivity contribution in [3.63, 3.8) is 0 Å². The molecular weight excluding hydrogens is 284 g/mol. The third-order valence-corrected chi connectivity index (χ3v) is 3.64. The van der Waals surface area contributed by atoms with Gasteiger partial charge in [0.05, 0.1) is 18.7 Å².